The standard InChI is InChI=1S/C15H15BrClNO3/c1-20-13-7-12(14(21-2)6-11(13)17)18-8-9-4-3-5-10(16)15(9)19/h3-7,18-19H,8H2,1-2H3. The highest BCUT2D eigenvalue weighted by Gasteiger charge is 2.11. The lowest BCUT2D eigenvalue weighted by atomic mass is 10.2. The highest BCUT2D eigenvalue weighted by Crippen LogP contribution is 2.36. The van der Waals surface area contributed by atoms with Gasteiger partial charge in [0, 0.05) is 24.2 Å². The summed E-state index contributed by atoms with van der Waals surface area (Å²) in [4.78, 5) is 0. The number of para-hydroxylation sites is 1. The Morgan fingerprint density at radius 3 is 2.57 bits per heavy atom. The second-order valence-electron chi connectivity index (χ2n) is 4.29. The molecule has 0 fully saturated rings. The maximum atomic E-state index is 9.98. The van der Waals surface area contributed by atoms with Crippen LogP contribution in [-0.2, 0) is 6.54 Å². The quantitative estimate of drug-likeness (QED) is 0.815. The van der Waals surface area contributed by atoms with Gasteiger partial charge in [-0.15, -0.1) is 0 Å². The largest absolute Gasteiger partial charge is 0.506 e. The SMILES string of the molecule is COc1cc(NCc2cccc(Br)c2O)c(OC)cc1Cl. The Morgan fingerprint density at radius 1 is 1.19 bits per heavy atom. The topological polar surface area (TPSA) is 50.7 Å². The van der Waals surface area contributed by atoms with Crippen molar-refractivity contribution in [2.75, 3.05) is 19.5 Å². The van der Waals surface area contributed by atoms with E-state index in [0.29, 0.717) is 27.5 Å². The fourth-order valence-electron chi connectivity index (χ4n) is 1.89. The number of nitrogens with one attached hydrogen (secondary N) is 1. The molecule has 0 atom stereocenters. The Balaban J connectivity index is 2.25. The number of rotatable bonds is 5. The van der Waals surface area contributed by atoms with Crippen LogP contribution in [0.4, 0.5) is 5.69 Å². The lowest BCUT2D eigenvalue weighted by Crippen LogP contribution is -2.02. The summed E-state index contributed by atoms with van der Waals surface area (Å²) in [5.41, 5.74) is 1.50. The van der Waals surface area contributed by atoms with Crippen molar-refractivity contribution in [2.24, 2.45) is 0 Å². The van der Waals surface area contributed by atoms with E-state index in [9.17, 15) is 5.11 Å². The maximum absolute atomic E-state index is 9.98. The fraction of sp³-hybridized carbons (Fsp3) is 0.200. The van der Waals surface area contributed by atoms with Crippen LogP contribution in [0.2, 0.25) is 5.02 Å². The van der Waals surface area contributed by atoms with Gasteiger partial charge in [0.15, 0.2) is 0 Å². The summed E-state index contributed by atoms with van der Waals surface area (Å²) in [5.74, 6) is 1.37. The number of phenols is 1. The van der Waals surface area contributed by atoms with Crippen molar-refractivity contribution in [2.45, 2.75) is 6.54 Å². The van der Waals surface area contributed by atoms with Crippen LogP contribution in [0, 0.1) is 0 Å². The van der Waals surface area contributed by atoms with Crippen molar-refractivity contribution >= 4 is 33.2 Å². The third kappa shape index (κ3) is 3.54. The van der Waals surface area contributed by atoms with Crippen molar-refractivity contribution in [3.8, 4) is 17.2 Å². The number of benzene rings is 2. The van der Waals surface area contributed by atoms with E-state index in [1.807, 2.05) is 12.1 Å². The molecule has 0 radical (unpaired) electrons. The number of hydrogen-bond acceptors (Lipinski definition) is 4. The van der Waals surface area contributed by atoms with E-state index in [1.165, 1.54) is 0 Å². The van der Waals surface area contributed by atoms with Crippen molar-refractivity contribution in [1.82, 2.24) is 0 Å². The summed E-state index contributed by atoms with van der Waals surface area (Å²) in [6, 6.07) is 8.93. The van der Waals surface area contributed by atoms with E-state index < -0.39 is 0 Å². The molecular formula is C15H15BrClNO3. The van der Waals surface area contributed by atoms with Gasteiger partial charge in [-0.25, -0.2) is 0 Å². The minimum absolute atomic E-state index is 0.213. The van der Waals surface area contributed by atoms with Gasteiger partial charge >= 0.3 is 0 Å². The molecule has 0 bridgehead atoms. The van der Waals surface area contributed by atoms with E-state index in [4.69, 9.17) is 21.1 Å². The normalized spacial score (nSPS) is 10.3. The van der Waals surface area contributed by atoms with Crippen molar-refractivity contribution in [3.05, 3.63) is 45.4 Å². The lowest BCUT2D eigenvalue weighted by Gasteiger charge is -2.14. The van der Waals surface area contributed by atoms with Crippen LogP contribution in [0.25, 0.3) is 0 Å². The van der Waals surface area contributed by atoms with Gasteiger partial charge in [0.25, 0.3) is 0 Å². The van der Waals surface area contributed by atoms with Crippen molar-refractivity contribution in [1.29, 1.82) is 0 Å². The molecule has 0 heterocycles. The van der Waals surface area contributed by atoms with E-state index in [-0.39, 0.29) is 5.75 Å². The van der Waals surface area contributed by atoms with Gasteiger partial charge < -0.3 is 19.9 Å². The van der Waals surface area contributed by atoms with Crippen LogP contribution < -0.4 is 14.8 Å². The summed E-state index contributed by atoms with van der Waals surface area (Å²) in [5, 5.41) is 13.7. The number of anilines is 1. The number of aromatic hydroxyl groups is 1. The molecule has 0 unspecified atom stereocenters. The van der Waals surface area contributed by atoms with E-state index in [1.54, 1.807) is 32.4 Å². The second-order valence-corrected chi connectivity index (χ2v) is 5.55. The molecule has 2 N–H and O–H groups in total. The van der Waals surface area contributed by atoms with Crippen molar-refractivity contribution < 1.29 is 14.6 Å². The van der Waals surface area contributed by atoms with E-state index >= 15 is 0 Å². The first kappa shape index (κ1) is 15.8. The molecule has 0 aliphatic heterocycles. The molecule has 112 valence electrons. The van der Waals surface area contributed by atoms with Crippen LogP contribution in [0.1, 0.15) is 5.56 Å². The second kappa shape index (κ2) is 6.91. The summed E-state index contributed by atoms with van der Waals surface area (Å²) < 4.78 is 11.1. The zero-order chi connectivity index (χ0) is 15.4. The zero-order valence-electron chi connectivity index (χ0n) is 11.6. The molecule has 6 heteroatoms. The molecule has 0 saturated carbocycles. The van der Waals surface area contributed by atoms with E-state index in [0.717, 1.165) is 11.3 Å². The Morgan fingerprint density at radius 2 is 1.90 bits per heavy atom. The smallest absolute Gasteiger partial charge is 0.143 e. The molecule has 2 rings (SSSR count). The van der Waals surface area contributed by atoms with Gasteiger partial charge in [-0.3, -0.25) is 0 Å². The van der Waals surface area contributed by atoms with Crippen molar-refractivity contribution in [3.63, 3.8) is 0 Å². The Hall–Kier alpha value is -1.59. The third-order valence-corrected chi connectivity index (χ3v) is 3.95. The minimum atomic E-state index is 0.213. The molecule has 2 aromatic carbocycles. The monoisotopic (exact) mass is 371 g/mol. The van der Waals surface area contributed by atoms with E-state index in [2.05, 4.69) is 21.2 Å². The highest BCUT2D eigenvalue weighted by molar-refractivity contribution is 9.10. The molecule has 0 aliphatic carbocycles. The molecule has 0 spiro atoms. The van der Waals surface area contributed by atoms with Crippen LogP contribution in [0.5, 0.6) is 17.2 Å². The summed E-state index contributed by atoms with van der Waals surface area (Å²) in [7, 11) is 3.12. The molecular weight excluding hydrogens is 358 g/mol. The first-order valence-electron chi connectivity index (χ1n) is 6.18. The number of hydrogen-bond donors (Lipinski definition) is 2. The van der Waals surface area contributed by atoms with Crippen LogP contribution in [-0.4, -0.2) is 19.3 Å². The molecule has 2 aromatic rings. The molecule has 0 aromatic heterocycles. The van der Waals surface area contributed by atoms with Gasteiger partial charge in [0.1, 0.15) is 17.2 Å². The van der Waals surface area contributed by atoms with Gasteiger partial charge in [0.2, 0.25) is 0 Å². The number of phenolic OH excluding ortho intramolecular Hbond substituents is 1. The Kier molecular flexibility index (Phi) is 5.20. The number of methoxy groups -OCH3 is 2. The predicted molar refractivity (Wildman–Crippen MR) is 87.7 cm³/mol. The molecule has 21 heavy (non-hydrogen) atoms. The third-order valence-electron chi connectivity index (χ3n) is 3.01. The van der Waals surface area contributed by atoms with Crippen LogP contribution >= 0.6 is 27.5 Å². The van der Waals surface area contributed by atoms with Crippen LogP contribution in [0.15, 0.2) is 34.8 Å². The van der Waals surface area contributed by atoms with Gasteiger partial charge in [-0.2, -0.15) is 0 Å². The number of halogens is 2. The zero-order valence-corrected chi connectivity index (χ0v) is 14.0. The minimum Gasteiger partial charge on any atom is -0.506 e. The van der Waals surface area contributed by atoms with Gasteiger partial charge in [-0.05, 0) is 22.0 Å². The molecule has 0 saturated heterocycles. The predicted octanol–water partition coefficient (Wildman–Crippen LogP) is 4.44. The fourth-order valence-corrected chi connectivity index (χ4v) is 2.53. The maximum Gasteiger partial charge on any atom is 0.143 e. The lowest BCUT2D eigenvalue weighted by molar-refractivity contribution is 0.404. The van der Waals surface area contributed by atoms with Crippen LogP contribution in [0.3, 0.4) is 0 Å². The summed E-state index contributed by atoms with van der Waals surface area (Å²) in [6.07, 6.45) is 0. The average Bonchev–Trinajstić information content (AvgIpc) is 2.49. The highest BCUT2D eigenvalue weighted by atomic mass is 79.9. The first-order chi connectivity index (χ1) is 10.1. The Labute approximate surface area is 136 Å². The summed E-state index contributed by atoms with van der Waals surface area (Å²) in [6.45, 7) is 0.437. The van der Waals surface area contributed by atoms with Gasteiger partial charge in [-0.1, -0.05) is 23.7 Å². The summed E-state index contributed by atoms with van der Waals surface area (Å²) >= 11 is 9.36. The number of ether oxygens (including phenoxy) is 2. The Bertz CT molecular complexity index is 649. The molecule has 0 amide bonds. The first-order valence-corrected chi connectivity index (χ1v) is 7.35. The van der Waals surface area contributed by atoms with Gasteiger partial charge in [0.05, 0.1) is 29.4 Å². The molecule has 4 nitrogen and oxygen atoms in total. The molecule has 0 aliphatic rings. The average molecular weight is 373 g/mol.